The van der Waals surface area contributed by atoms with Crippen LogP contribution >= 0.6 is 0 Å². The first-order valence-corrected chi connectivity index (χ1v) is 11.5. The number of carbonyl (C=O) groups excluding carboxylic acids is 1. The van der Waals surface area contributed by atoms with Crippen LogP contribution in [0, 0.1) is 0 Å². The van der Waals surface area contributed by atoms with Gasteiger partial charge >= 0.3 is 0 Å². The van der Waals surface area contributed by atoms with Crippen LogP contribution in [-0.2, 0) is 19.7 Å². The lowest BCUT2D eigenvalue weighted by Crippen LogP contribution is -2.56. The highest BCUT2D eigenvalue weighted by atomic mass is 32.2. The van der Waals surface area contributed by atoms with E-state index in [4.69, 9.17) is 4.74 Å². The van der Waals surface area contributed by atoms with Gasteiger partial charge < -0.3 is 9.64 Å². The van der Waals surface area contributed by atoms with Crippen LogP contribution in [0.25, 0.3) is 0 Å². The molecule has 0 spiro atoms. The zero-order valence-electron chi connectivity index (χ0n) is 16.3. The molecule has 2 heterocycles. The van der Waals surface area contributed by atoms with E-state index in [0.717, 1.165) is 25.0 Å². The summed E-state index contributed by atoms with van der Waals surface area (Å²) in [7, 11) is -3.42. The molecule has 0 aromatic rings. The number of piperazine rings is 1. The van der Waals surface area contributed by atoms with Crippen LogP contribution in [0.4, 0.5) is 0 Å². The zero-order valence-corrected chi connectivity index (χ0v) is 17.1. The van der Waals surface area contributed by atoms with E-state index in [1.54, 1.807) is 4.31 Å². The molecule has 0 N–H and O–H groups in total. The third-order valence-corrected chi connectivity index (χ3v) is 7.58. The maximum Gasteiger partial charge on any atom is 0.282 e. The van der Waals surface area contributed by atoms with Crippen molar-refractivity contribution in [3.05, 3.63) is 11.8 Å². The topological polar surface area (TPSA) is 73.4 Å². The van der Waals surface area contributed by atoms with Gasteiger partial charge in [-0.25, -0.2) is 0 Å². The van der Waals surface area contributed by atoms with E-state index in [1.165, 1.54) is 10.7 Å². The smallest absolute Gasteiger partial charge is 0.282 e. The summed E-state index contributed by atoms with van der Waals surface area (Å²) in [5.74, 6) is 0.120. The second kappa shape index (κ2) is 9.47. The lowest BCUT2D eigenvalue weighted by molar-refractivity contribution is -0.130. The molecule has 1 amide bonds. The average molecular weight is 401 g/mol. The molecule has 0 bridgehead atoms. The monoisotopic (exact) mass is 400 g/mol. The molecule has 0 aromatic carbocycles. The molecule has 0 atom stereocenters. The van der Waals surface area contributed by atoms with Gasteiger partial charge in [-0.3, -0.25) is 9.69 Å². The van der Waals surface area contributed by atoms with Crippen molar-refractivity contribution in [2.24, 2.45) is 0 Å². The fraction of sp³-hybridized carbons (Fsp3) is 0.833. The maximum atomic E-state index is 12.8. The van der Waals surface area contributed by atoms with Crippen molar-refractivity contribution in [3.63, 3.8) is 0 Å². The van der Waals surface area contributed by atoms with Crippen molar-refractivity contribution in [1.82, 2.24) is 18.4 Å². The van der Waals surface area contributed by atoms with Crippen LogP contribution in [-0.4, -0.2) is 98.3 Å². The van der Waals surface area contributed by atoms with Crippen LogP contribution in [0.15, 0.2) is 11.8 Å². The highest BCUT2D eigenvalue weighted by Crippen LogP contribution is 2.21. The van der Waals surface area contributed by atoms with Crippen LogP contribution in [0.5, 0.6) is 0 Å². The van der Waals surface area contributed by atoms with Gasteiger partial charge in [0.05, 0.1) is 19.8 Å². The molecule has 0 unspecified atom stereocenters. The molecule has 2 aliphatic heterocycles. The van der Waals surface area contributed by atoms with Crippen molar-refractivity contribution in [1.29, 1.82) is 0 Å². The number of hydrogen-bond donors (Lipinski definition) is 0. The molecule has 27 heavy (non-hydrogen) atoms. The van der Waals surface area contributed by atoms with Gasteiger partial charge in [0.15, 0.2) is 0 Å². The van der Waals surface area contributed by atoms with Gasteiger partial charge in [0.1, 0.15) is 0 Å². The molecule has 3 rings (SSSR count). The molecule has 1 aliphatic carbocycles. The number of hydrogen-bond acceptors (Lipinski definition) is 5. The molecule has 154 valence electrons. The highest BCUT2D eigenvalue weighted by Gasteiger charge is 2.33. The minimum Gasteiger partial charge on any atom is -0.379 e. The Morgan fingerprint density at radius 3 is 2.33 bits per heavy atom. The van der Waals surface area contributed by atoms with Gasteiger partial charge in [0.2, 0.25) is 5.91 Å². The second-order valence-corrected chi connectivity index (χ2v) is 9.20. The summed E-state index contributed by atoms with van der Waals surface area (Å²) >= 11 is 0. The molecule has 0 saturated carbocycles. The van der Waals surface area contributed by atoms with E-state index in [-0.39, 0.29) is 5.91 Å². The van der Waals surface area contributed by atoms with E-state index < -0.39 is 10.2 Å². The summed E-state index contributed by atoms with van der Waals surface area (Å²) in [6.45, 7) is 6.85. The van der Waals surface area contributed by atoms with E-state index in [1.807, 2.05) is 11.8 Å². The highest BCUT2D eigenvalue weighted by molar-refractivity contribution is 7.86. The van der Waals surface area contributed by atoms with Gasteiger partial charge in [-0.15, -0.1) is 0 Å². The molecular weight excluding hydrogens is 368 g/mol. The molecule has 8 nitrogen and oxygen atoms in total. The lowest BCUT2D eigenvalue weighted by Gasteiger charge is -2.38. The number of ether oxygens (including phenoxy) is 1. The molecule has 9 heteroatoms. The molecule has 2 saturated heterocycles. The quantitative estimate of drug-likeness (QED) is 0.649. The predicted octanol–water partition coefficient (Wildman–Crippen LogP) is 0.487. The summed E-state index contributed by atoms with van der Waals surface area (Å²) in [5, 5.41) is 0. The van der Waals surface area contributed by atoms with Crippen molar-refractivity contribution >= 4 is 16.1 Å². The van der Waals surface area contributed by atoms with Crippen molar-refractivity contribution in [2.45, 2.75) is 32.6 Å². The lowest BCUT2D eigenvalue weighted by atomic mass is 10.0. The molecule has 0 aromatic heterocycles. The molecular formula is C18H32N4O4S. The van der Waals surface area contributed by atoms with Gasteiger partial charge in [-0.2, -0.15) is 17.0 Å². The van der Waals surface area contributed by atoms with E-state index in [0.29, 0.717) is 65.6 Å². The molecule has 2 fully saturated rings. The Morgan fingerprint density at radius 1 is 1.07 bits per heavy atom. The summed E-state index contributed by atoms with van der Waals surface area (Å²) < 4.78 is 33.7. The Morgan fingerprint density at radius 2 is 1.74 bits per heavy atom. The number of rotatable bonds is 6. The summed E-state index contributed by atoms with van der Waals surface area (Å²) in [4.78, 5) is 16.7. The number of likely N-dealkylation sites (N-methyl/N-ethyl adjacent to an activating group) is 1. The minimum atomic E-state index is -3.42. The van der Waals surface area contributed by atoms with Crippen LogP contribution in [0.1, 0.15) is 32.6 Å². The maximum absolute atomic E-state index is 12.8. The SMILES string of the molecule is CCN(C(=O)CN1CCN(S(=O)(=O)N2CCOCC2)CC1)C1=CCCCC1. The van der Waals surface area contributed by atoms with Crippen molar-refractivity contribution in [2.75, 3.05) is 65.6 Å². The average Bonchev–Trinajstić information content (AvgIpc) is 2.70. The van der Waals surface area contributed by atoms with Crippen molar-refractivity contribution in [3.8, 4) is 0 Å². The number of morpholine rings is 1. The van der Waals surface area contributed by atoms with E-state index >= 15 is 0 Å². The third-order valence-electron chi connectivity index (χ3n) is 5.54. The van der Waals surface area contributed by atoms with E-state index in [9.17, 15) is 13.2 Å². The summed E-state index contributed by atoms with van der Waals surface area (Å²) in [6.07, 6.45) is 6.57. The zero-order chi connectivity index (χ0) is 19.3. The third kappa shape index (κ3) is 5.08. The number of amides is 1. The minimum absolute atomic E-state index is 0.120. The summed E-state index contributed by atoms with van der Waals surface area (Å²) in [5.41, 5.74) is 1.15. The predicted molar refractivity (Wildman–Crippen MR) is 103 cm³/mol. The Bertz CT molecular complexity index is 638. The van der Waals surface area contributed by atoms with Crippen molar-refractivity contribution < 1.29 is 17.9 Å². The first-order valence-electron chi connectivity index (χ1n) is 10.1. The van der Waals surface area contributed by atoms with Crippen LogP contribution in [0.3, 0.4) is 0 Å². The Kier molecular flexibility index (Phi) is 7.27. The molecule has 0 radical (unpaired) electrons. The van der Waals surface area contributed by atoms with Gasteiger partial charge in [0, 0.05) is 51.5 Å². The molecule has 3 aliphatic rings. The van der Waals surface area contributed by atoms with Gasteiger partial charge in [0.25, 0.3) is 10.2 Å². The van der Waals surface area contributed by atoms with Crippen LogP contribution < -0.4 is 0 Å². The first kappa shape index (κ1) is 20.7. The number of nitrogens with zero attached hydrogens (tertiary/aromatic N) is 4. The normalized spacial score (nSPS) is 23.8. The van der Waals surface area contributed by atoms with Gasteiger partial charge in [-0.05, 0) is 32.6 Å². The Hall–Kier alpha value is -1.00. The number of allylic oxidation sites excluding steroid dienone is 2. The van der Waals surface area contributed by atoms with Gasteiger partial charge in [-0.1, -0.05) is 6.08 Å². The fourth-order valence-electron chi connectivity index (χ4n) is 3.94. The Balaban J connectivity index is 1.51. The first-order chi connectivity index (χ1) is 13.0. The van der Waals surface area contributed by atoms with E-state index in [2.05, 4.69) is 11.0 Å². The van der Waals surface area contributed by atoms with Crippen LogP contribution in [0.2, 0.25) is 0 Å². The number of carbonyl (C=O) groups is 1. The standard InChI is InChI=1S/C18H32N4O4S/c1-2-22(17-6-4-3-5-7-17)18(23)16-19-8-10-20(11-9-19)27(24,25)21-12-14-26-15-13-21/h6H,2-5,7-16H2,1H3. The summed E-state index contributed by atoms with van der Waals surface area (Å²) in [6, 6.07) is 0. The fourth-order valence-corrected chi connectivity index (χ4v) is 5.50. The Labute approximate surface area is 162 Å². The second-order valence-electron chi connectivity index (χ2n) is 7.27. The largest absolute Gasteiger partial charge is 0.379 e.